The molecular formula is C5H9ClO3S. The van der Waals surface area contributed by atoms with E-state index in [0.717, 1.165) is 0 Å². The smallest absolute Gasteiger partial charge is 0.146 e. The molecule has 0 aromatic rings. The number of halogens is 1. The fraction of sp³-hybridized carbons (Fsp3) is 1.00. The van der Waals surface area contributed by atoms with Crippen molar-refractivity contribution in [1.82, 2.24) is 0 Å². The van der Waals surface area contributed by atoms with E-state index in [1.54, 1.807) is 0 Å². The molecule has 1 rings (SSSR count). The number of ether oxygens (including phenoxy) is 2. The molecule has 0 aromatic heterocycles. The van der Waals surface area contributed by atoms with Crippen LogP contribution in [0.3, 0.4) is 0 Å². The van der Waals surface area contributed by atoms with Crippen molar-refractivity contribution in [2.45, 2.75) is 0 Å². The van der Waals surface area contributed by atoms with Gasteiger partial charge in [0.15, 0.2) is 0 Å². The summed E-state index contributed by atoms with van der Waals surface area (Å²) in [6.45, 7) is 1.57. The van der Waals surface area contributed by atoms with Gasteiger partial charge in [0, 0.05) is 11.7 Å². The van der Waals surface area contributed by atoms with Crippen LogP contribution in [0, 0.1) is 5.92 Å². The van der Waals surface area contributed by atoms with Crippen LogP contribution in [0.15, 0.2) is 0 Å². The predicted molar refractivity (Wildman–Crippen MR) is 39.1 cm³/mol. The zero-order chi connectivity index (χ0) is 7.40. The van der Waals surface area contributed by atoms with Crippen molar-refractivity contribution in [2.24, 2.45) is 5.92 Å². The molecule has 0 spiro atoms. The maximum absolute atomic E-state index is 10.5. The second kappa shape index (κ2) is 4.28. The molecule has 0 aliphatic carbocycles. The lowest BCUT2D eigenvalue weighted by molar-refractivity contribution is -0.120. The van der Waals surface area contributed by atoms with Crippen molar-refractivity contribution < 1.29 is 13.7 Å². The lowest BCUT2D eigenvalue weighted by Gasteiger charge is -2.20. The molecule has 1 saturated heterocycles. The highest BCUT2D eigenvalue weighted by atomic mass is 35.7. The topological polar surface area (TPSA) is 35.5 Å². The summed E-state index contributed by atoms with van der Waals surface area (Å²) in [5.74, 6) is 0.661. The van der Waals surface area contributed by atoms with Crippen molar-refractivity contribution in [3.05, 3.63) is 0 Å². The normalized spacial score (nSPS) is 24.5. The molecule has 10 heavy (non-hydrogen) atoms. The van der Waals surface area contributed by atoms with Crippen molar-refractivity contribution in [2.75, 3.05) is 25.8 Å². The van der Waals surface area contributed by atoms with Crippen LogP contribution < -0.4 is 0 Å². The fourth-order valence-corrected chi connectivity index (χ4v) is 1.92. The first-order valence-electron chi connectivity index (χ1n) is 2.99. The Morgan fingerprint density at radius 2 is 2.10 bits per heavy atom. The van der Waals surface area contributed by atoms with E-state index in [1.165, 1.54) is 0 Å². The molecule has 0 saturated carbocycles. The quantitative estimate of drug-likeness (QED) is 0.587. The zero-order valence-electron chi connectivity index (χ0n) is 5.42. The van der Waals surface area contributed by atoms with Gasteiger partial charge in [0.2, 0.25) is 0 Å². The highest BCUT2D eigenvalue weighted by Gasteiger charge is 2.15. The number of hydrogen-bond donors (Lipinski definition) is 0. The second-order valence-corrected chi connectivity index (χ2v) is 4.13. The van der Waals surface area contributed by atoms with Gasteiger partial charge in [0.1, 0.15) is 16.8 Å². The summed E-state index contributed by atoms with van der Waals surface area (Å²) < 4.78 is 20.4. The summed E-state index contributed by atoms with van der Waals surface area (Å²) in [4.78, 5) is 0. The Morgan fingerprint density at radius 3 is 2.60 bits per heavy atom. The van der Waals surface area contributed by atoms with Crippen LogP contribution in [0.2, 0.25) is 0 Å². The van der Waals surface area contributed by atoms with Crippen LogP contribution in [0.25, 0.3) is 0 Å². The molecule has 1 unspecified atom stereocenters. The van der Waals surface area contributed by atoms with Gasteiger partial charge in [-0.1, -0.05) is 0 Å². The van der Waals surface area contributed by atoms with Gasteiger partial charge in [-0.2, -0.15) is 0 Å². The van der Waals surface area contributed by atoms with E-state index in [9.17, 15) is 4.21 Å². The average molecular weight is 185 g/mol. The van der Waals surface area contributed by atoms with Gasteiger partial charge in [0.05, 0.1) is 13.2 Å². The highest BCUT2D eigenvalue weighted by Crippen LogP contribution is 2.08. The zero-order valence-corrected chi connectivity index (χ0v) is 6.99. The van der Waals surface area contributed by atoms with E-state index in [0.29, 0.717) is 25.8 Å². The van der Waals surface area contributed by atoms with Crippen LogP contribution >= 0.6 is 10.7 Å². The fourth-order valence-electron chi connectivity index (χ4n) is 0.818. The second-order valence-electron chi connectivity index (χ2n) is 2.18. The third-order valence-corrected chi connectivity index (χ3v) is 2.35. The summed E-state index contributed by atoms with van der Waals surface area (Å²) >= 11 is 0. The minimum Gasteiger partial charge on any atom is -0.355 e. The summed E-state index contributed by atoms with van der Waals surface area (Å²) in [5, 5.41) is 0. The van der Waals surface area contributed by atoms with E-state index >= 15 is 0 Å². The molecule has 60 valence electrons. The molecule has 0 bridgehead atoms. The minimum atomic E-state index is -1.25. The number of rotatable bonds is 2. The van der Waals surface area contributed by atoms with Gasteiger partial charge < -0.3 is 9.47 Å². The van der Waals surface area contributed by atoms with Crippen molar-refractivity contribution in [3.8, 4) is 0 Å². The Bertz CT molecular complexity index is 124. The molecule has 0 aromatic carbocycles. The van der Waals surface area contributed by atoms with E-state index in [-0.39, 0.29) is 5.92 Å². The molecule has 1 atom stereocenters. The first-order chi connectivity index (χ1) is 4.79. The predicted octanol–water partition coefficient (Wildman–Crippen LogP) is 0.509. The first-order valence-corrected chi connectivity index (χ1v) is 5.13. The molecule has 5 heteroatoms. The Labute approximate surface area is 66.6 Å². The number of hydrogen-bond acceptors (Lipinski definition) is 3. The largest absolute Gasteiger partial charge is 0.355 e. The average Bonchev–Trinajstić information content (AvgIpc) is 1.88. The van der Waals surface area contributed by atoms with Gasteiger partial charge in [-0.05, 0) is 10.7 Å². The van der Waals surface area contributed by atoms with E-state index in [4.69, 9.17) is 20.2 Å². The van der Waals surface area contributed by atoms with Crippen LogP contribution in [0.4, 0.5) is 0 Å². The third kappa shape index (κ3) is 2.96. The molecule has 0 amide bonds. The van der Waals surface area contributed by atoms with Gasteiger partial charge in [0.25, 0.3) is 0 Å². The third-order valence-electron chi connectivity index (χ3n) is 1.24. The minimum absolute atomic E-state index is 0.201. The van der Waals surface area contributed by atoms with Crippen molar-refractivity contribution >= 4 is 20.7 Å². The Morgan fingerprint density at radius 1 is 1.50 bits per heavy atom. The SMILES string of the molecule is O=S(Cl)CC1COCOC1. The van der Waals surface area contributed by atoms with Crippen LogP contribution in [0.1, 0.15) is 0 Å². The molecule has 1 aliphatic heterocycles. The Hall–Kier alpha value is 0.360. The monoisotopic (exact) mass is 184 g/mol. The molecule has 3 nitrogen and oxygen atoms in total. The van der Waals surface area contributed by atoms with Crippen LogP contribution in [0.5, 0.6) is 0 Å². The standard InChI is InChI=1S/C5H9ClO3S/c6-10(7)3-5-1-8-4-9-2-5/h5H,1-4H2. The summed E-state index contributed by atoms with van der Waals surface area (Å²) in [7, 11) is 4.02. The van der Waals surface area contributed by atoms with Gasteiger partial charge >= 0.3 is 0 Å². The molecule has 1 heterocycles. The lowest BCUT2D eigenvalue weighted by atomic mass is 10.2. The maximum atomic E-state index is 10.5. The first kappa shape index (κ1) is 8.46. The Balaban J connectivity index is 2.19. The van der Waals surface area contributed by atoms with Crippen LogP contribution in [-0.2, 0) is 19.5 Å². The van der Waals surface area contributed by atoms with Crippen molar-refractivity contribution in [1.29, 1.82) is 0 Å². The van der Waals surface area contributed by atoms with E-state index < -0.39 is 10.0 Å². The van der Waals surface area contributed by atoms with Gasteiger partial charge in [-0.15, -0.1) is 0 Å². The summed E-state index contributed by atoms with van der Waals surface area (Å²) in [5.41, 5.74) is 0. The molecule has 0 N–H and O–H groups in total. The highest BCUT2D eigenvalue weighted by molar-refractivity contribution is 8.08. The van der Waals surface area contributed by atoms with Crippen molar-refractivity contribution in [3.63, 3.8) is 0 Å². The molecule has 1 aliphatic rings. The van der Waals surface area contributed by atoms with Crippen LogP contribution in [-0.4, -0.2) is 30.0 Å². The van der Waals surface area contributed by atoms with Gasteiger partial charge in [-0.3, -0.25) is 0 Å². The molecular weight excluding hydrogens is 176 g/mol. The van der Waals surface area contributed by atoms with Gasteiger partial charge in [-0.25, -0.2) is 4.21 Å². The summed E-state index contributed by atoms with van der Waals surface area (Å²) in [6.07, 6.45) is 0. The van der Waals surface area contributed by atoms with E-state index in [2.05, 4.69) is 0 Å². The summed E-state index contributed by atoms with van der Waals surface area (Å²) in [6, 6.07) is 0. The van der Waals surface area contributed by atoms with E-state index in [1.807, 2.05) is 0 Å². The molecule has 1 fully saturated rings. The maximum Gasteiger partial charge on any atom is 0.146 e. The Kier molecular flexibility index (Phi) is 3.62. The lowest BCUT2D eigenvalue weighted by Crippen LogP contribution is -2.27. The molecule has 0 radical (unpaired) electrons.